The highest BCUT2D eigenvalue weighted by Gasteiger charge is 2.04. The third-order valence-corrected chi connectivity index (χ3v) is 2.45. The van der Waals surface area contributed by atoms with Crippen LogP contribution in [-0.2, 0) is 11.2 Å². The molecule has 1 rings (SSSR count). The van der Waals surface area contributed by atoms with Crippen LogP contribution in [0.1, 0.15) is 23.1 Å². The Morgan fingerprint density at radius 3 is 2.64 bits per heavy atom. The number of hydrogen-bond acceptors (Lipinski definition) is 2. The van der Waals surface area contributed by atoms with Gasteiger partial charge in [0.25, 0.3) is 0 Å². The minimum atomic E-state index is 0.575. The highest BCUT2D eigenvalue weighted by Crippen LogP contribution is 2.23. The summed E-state index contributed by atoms with van der Waals surface area (Å²) in [6.07, 6.45) is 2.31. The van der Waals surface area contributed by atoms with Crippen molar-refractivity contribution in [2.45, 2.75) is 26.7 Å². The normalized spacial score (nSPS) is 9.93. The molecule has 14 heavy (non-hydrogen) atoms. The second-order valence-electron chi connectivity index (χ2n) is 3.45. The van der Waals surface area contributed by atoms with Gasteiger partial charge in [-0.15, -0.1) is 0 Å². The molecule has 1 aromatic rings. The Balaban J connectivity index is 2.97. The number of methoxy groups -OCH3 is 1. The molecule has 0 spiro atoms. The molecular formula is C12H16O2. The van der Waals surface area contributed by atoms with E-state index < -0.39 is 0 Å². The Kier molecular flexibility index (Phi) is 3.69. The van der Waals surface area contributed by atoms with Crippen molar-refractivity contribution in [3.63, 3.8) is 0 Å². The van der Waals surface area contributed by atoms with Crippen LogP contribution in [-0.4, -0.2) is 13.4 Å². The lowest BCUT2D eigenvalue weighted by Gasteiger charge is -2.10. The second kappa shape index (κ2) is 4.80. The van der Waals surface area contributed by atoms with E-state index in [0.717, 1.165) is 24.0 Å². The first-order chi connectivity index (χ1) is 6.69. The largest absolute Gasteiger partial charge is 0.496 e. The lowest BCUT2D eigenvalue weighted by atomic mass is 10.0. The molecule has 0 fully saturated rings. The molecule has 0 unspecified atom stereocenters. The van der Waals surface area contributed by atoms with Gasteiger partial charge in [0.1, 0.15) is 12.0 Å². The molecule has 0 saturated carbocycles. The number of aryl methyl sites for hydroxylation is 2. The van der Waals surface area contributed by atoms with E-state index in [-0.39, 0.29) is 0 Å². The Labute approximate surface area is 84.9 Å². The Bertz CT molecular complexity index is 329. The van der Waals surface area contributed by atoms with Crippen molar-refractivity contribution < 1.29 is 9.53 Å². The monoisotopic (exact) mass is 192 g/mol. The summed E-state index contributed by atoms with van der Waals surface area (Å²) >= 11 is 0. The van der Waals surface area contributed by atoms with Gasteiger partial charge < -0.3 is 9.53 Å². The molecule has 0 aromatic heterocycles. The summed E-state index contributed by atoms with van der Waals surface area (Å²) in [5.74, 6) is 0.908. The molecule has 0 radical (unpaired) electrons. The molecule has 0 saturated heterocycles. The van der Waals surface area contributed by atoms with E-state index in [2.05, 4.69) is 13.0 Å². The van der Waals surface area contributed by atoms with Crippen LogP contribution in [0.3, 0.4) is 0 Å². The molecule has 0 aliphatic rings. The van der Waals surface area contributed by atoms with E-state index in [1.54, 1.807) is 7.11 Å². The highest BCUT2D eigenvalue weighted by atomic mass is 16.5. The lowest BCUT2D eigenvalue weighted by molar-refractivity contribution is -0.107. The first kappa shape index (κ1) is 10.8. The van der Waals surface area contributed by atoms with Gasteiger partial charge >= 0.3 is 0 Å². The molecule has 0 aliphatic carbocycles. The van der Waals surface area contributed by atoms with Gasteiger partial charge in [0.05, 0.1) is 7.11 Å². The molecule has 0 heterocycles. The van der Waals surface area contributed by atoms with Crippen LogP contribution in [0.5, 0.6) is 5.75 Å². The van der Waals surface area contributed by atoms with Gasteiger partial charge in [-0.3, -0.25) is 0 Å². The SMILES string of the molecule is COc1cc(CCC=O)cc(C)c1C. The molecule has 0 atom stereocenters. The van der Waals surface area contributed by atoms with Gasteiger partial charge in [0, 0.05) is 6.42 Å². The van der Waals surface area contributed by atoms with E-state index >= 15 is 0 Å². The summed E-state index contributed by atoms with van der Waals surface area (Å²) in [4.78, 5) is 10.3. The summed E-state index contributed by atoms with van der Waals surface area (Å²) in [6.45, 7) is 4.10. The summed E-state index contributed by atoms with van der Waals surface area (Å²) in [5, 5.41) is 0. The fraction of sp³-hybridized carbons (Fsp3) is 0.417. The zero-order valence-electron chi connectivity index (χ0n) is 8.96. The van der Waals surface area contributed by atoms with Gasteiger partial charge in [-0.25, -0.2) is 0 Å². The summed E-state index contributed by atoms with van der Waals surface area (Å²) in [5.41, 5.74) is 3.55. The van der Waals surface area contributed by atoms with Crippen LogP contribution in [0.4, 0.5) is 0 Å². The lowest BCUT2D eigenvalue weighted by Crippen LogP contribution is -1.94. The third kappa shape index (κ3) is 2.34. The van der Waals surface area contributed by atoms with Gasteiger partial charge in [0.15, 0.2) is 0 Å². The average Bonchev–Trinajstić information content (AvgIpc) is 2.19. The Morgan fingerprint density at radius 1 is 1.36 bits per heavy atom. The fourth-order valence-corrected chi connectivity index (χ4v) is 1.48. The fourth-order valence-electron chi connectivity index (χ4n) is 1.48. The van der Waals surface area contributed by atoms with Crippen LogP contribution in [0.2, 0.25) is 0 Å². The smallest absolute Gasteiger partial charge is 0.122 e. The number of rotatable bonds is 4. The molecule has 0 amide bonds. The number of carbonyl (C=O) groups excluding carboxylic acids is 1. The third-order valence-electron chi connectivity index (χ3n) is 2.45. The highest BCUT2D eigenvalue weighted by molar-refractivity contribution is 5.51. The molecule has 76 valence electrons. The van der Waals surface area contributed by atoms with Crippen molar-refractivity contribution in [2.75, 3.05) is 7.11 Å². The molecule has 2 heteroatoms. The van der Waals surface area contributed by atoms with E-state index in [1.807, 2.05) is 13.0 Å². The van der Waals surface area contributed by atoms with Crippen LogP contribution >= 0.6 is 0 Å². The van der Waals surface area contributed by atoms with Gasteiger partial charge in [-0.2, -0.15) is 0 Å². The van der Waals surface area contributed by atoms with Crippen molar-refractivity contribution in [3.8, 4) is 5.75 Å². The molecule has 1 aromatic carbocycles. The number of benzene rings is 1. The van der Waals surface area contributed by atoms with Gasteiger partial charge in [-0.05, 0) is 43.0 Å². The zero-order valence-corrected chi connectivity index (χ0v) is 8.96. The molecule has 0 bridgehead atoms. The average molecular weight is 192 g/mol. The predicted molar refractivity (Wildman–Crippen MR) is 56.9 cm³/mol. The number of carbonyl (C=O) groups is 1. The van der Waals surface area contributed by atoms with Gasteiger partial charge in [0.2, 0.25) is 0 Å². The minimum Gasteiger partial charge on any atom is -0.496 e. The quantitative estimate of drug-likeness (QED) is 0.685. The number of hydrogen-bond donors (Lipinski definition) is 0. The maximum absolute atomic E-state index is 10.3. The van der Waals surface area contributed by atoms with Crippen molar-refractivity contribution >= 4 is 6.29 Å². The maximum Gasteiger partial charge on any atom is 0.122 e. The van der Waals surface area contributed by atoms with Crippen LogP contribution in [0.15, 0.2) is 12.1 Å². The summed E-state index contributed by atoms with van der Waals surface area (Å²) < 4.78 is 5.26. The predicted octanol–water partition coefficient (Wildman–Crippen LogP) is 2.44. The van der Waals surface area contributed by atoms with Crippen molar-refractivity contribution in [2.24, 2.45) is 0 Å². The summed E-state index contributed by atoms with van der Waals surface area (Å²) in [7, 11) is 1.67. The van der Waals surface area contributed by atoms with Crippen LogP contribution in [0.25, 0.3) is 0 Å². The minimum absolute atomic E-state index is 0.575. The molecule has 0 aliphatic heterocycles. The topological polar surface area (TPSA) is 26.3 Å². The molecule has 0 N–H and O–H groups in total. The van der Waals surface area contributed by atoms with Crippen LogP contribution < -0.4 is 4.74 Å². The number of ether oxygens (including phenoxy) is 1. The standard InChI is InChI=1S/C12H16O2/c1-9-7-11(5-4-6-13)8-12(14-3)10(9)2/h6-8H,4-5H2,1-3H3. The van der Waals surface area contributed by atoms with E-state index in [9.17, 15) is 4.79 Å². The van der Waals surface area contributed by atoms with Crippen LogP contribution in [0, 0.1) is 13.8 Å². The van der Waals surface area contributed by atoms with Gasteiger partial charge in [-0.1, -0.05) is 6.07 Å². The van der Waals surface area contributed by atoms with Crippen molar-refractivity contribution in [1.82, 2.24) is 0 Å². The molecule has 2 nitrogen and oxygen atoms in total. The first-order valence-electron chi connectivity index (χ1n) is 4.76. The zero-order chi connectivity index (χ0) is 10.6. The summed E-state index contributed by atoms with van der Waals surface area (Å²) in [6, 6.07) is 4.12. The van der Waals surface area contributed by atoms with E-state index in [4.69, 9.17) is 4.74 Å². The second-order valence-corrected chi connectivity index (χ2v) is 3.45. The first-order valence-corrected chi connectivity index (χ1v) is 4.76. The van der Waals surface area contributed by atoms with Crippen molar-refractivity contribution in [1.29, 1.82) is 0 Å². The molecular weight excluding hydrogens is 176 g/mol. The van der Waals surface area contributed by atoms with Crippen molar-refractivity contribution in [3.05, 3.63) is 28.8 Å². The number of aldehydes is 1. The van der Waals surface area contributed by atoms with E-state index in [1.165, 1.54) is 11.1 Å². The maximum atomic E-state index is 10.3. The van der Waals surface area contributed by atoms with E-state index in [0.29, 0.717) is 6.42 Å². The Morgan fingerprint density at radius 2 is 2.07 bits per heavy atom. The Hall–Kier alpha value is -1.31.